The lowest BCUT2D eigenvalue weighted by Crippen LogP contribution is -2.36. The molecule has 0 nitrogen and oxygen atoms in total. The van der Waals surface area contributed by atoms with Gasteiger partial charge >= 0.3 is 0 Å². The summed E-state index contributed by atoms with van der Waals surface area (Å²) < 4.78 is 0. The Morgan fingerprint density at radius 3 is 1.94 bits per heavy atom. The summed E-state index contributed by atoms with van der Waals surface area (Å²) in [5, 5.41) is 0. The van der Waals surface area contributed by atoms with Gasteiger partial charge in [0.25, 0.3) is 0 Å². The van der Waals surface area contributed by atoms with Crippen LogP contribution in [0.3, 0.4) is 0 Å². The summed E-state index contributed by atoms with van der Waals surface area (Å²) in [6.45, 7) is 12.5. The Morgan fingerprint density at radius 2 is 1.38 bits per heavy atom. The van der Waals surface area contributed by atoms with Crippen molar-refractivity contribution in [3.05, 3.63) is 0 Å². The van der Waals surface area contributed by atoms with Crippen LogP contribution in [0.5, 0.6) is 0 Å². The van der Waals surface area contributed by atoms with E-state index in [4.69, 9.17) is 0 Å². The fourth-order valence-electron chi connectivity index (χ4n) is 6.46. The Morgan fingerprint density at radius 1 is 0.812 bits per heavy atom. The highest BCUT2D eigenvalue weighted by Gasteiger charge is 2.61. The molecule has 0 aromatic heterocycles. The third kappa shape index (κ3) is 1.22. The van der Waals surface area contributed by atoms with E-state index in [1.807, 2.05) is 0 Å². The van der Waals surface area contributed by atoms with Crippen LogP contribution in [-0.2, 0) is 0 Å². The number of rotatable bonds is 1. The van der Waals surface area contributed by atoms with Crippen molar-refractivity contribution in [1.29, 1.82) is 0 Å². The zero-order valence-corrected chi connectivity index (χ0v) is 11.6. The summed E-state index contributed by atoms with van der Waals surface area (Å²) in [5.74, 6) is 9.38. The van der Waals surface area contributed by atoms with Crippen LogP contribution in [0.2, 0.25) is 0 Å². The first-order chi connectivity index (χ1) is 7.52. The summed E-state index contributed by atoms with van der Waals surface area (Å²) in [7, 11) is 0. The predicted octanol–water partition coefficient (Wildman–Crippen LogP) is 4.45. The van der Waals surface area contributed by atoms with Crippen molar-refractivity contribution in [2.75, 3.05) is 0 Å². The first-order valence-corrected chi connectivity index (χ1v) is 7.52. The molecule has 3 aliphatic carbocycles. The minimum Gasteiger partial charge on any atom is -0.0625 e. The van der Waals surface area contributed by atoms with Gasteiger partial charge in [0.1, 0.15) is 0 Å². The lowest BCUT2D eigenvalue weighted by Gasteiger charge is -2.41. The quantitative estimate of drug-likeness (QED) is 0.612. The van der Waals surface area contributed by atoms with Crippen molar-refractivity contribution < 1.29 is 0 Å². The highest BCUT2D eigenvalue weighted by Crippen LogP contribution is 2.67. The van der Waals surface area contributed by atoms with Crippen molar-refractivity contribution in [3.63, 3.8) is 0 Å². The molecule has 3 fully saturated rings. The van der Waals surface area contributed by atoms with Gasteiger partial charge in [-0.05, 0) is 66.1 Å². The highest BCUT2D eigenvalue weighted by molar-refractivity contribution is 5.09. The molecule has 92 valence electrons. The lowest BCUT2D eigenvalue weighted by molar-refractivity contribution is 0.0665. The molecule has 2 bridgehead atoms. The number of fused-ring (bicyclic) bond motifs is 5. The van der Waals surface area contributed by atoms with Crippen molar-refractivity contribution in [2.24, 2.45) is 53.3 Å². The Hall–Kier alpha value is 0. The molecular formula is C16H28. The topological polar surface area (TPSA) is 0 Å². The van der Waals surface area contributed by atoms with Crippen LogP contribution >= 0.6 is 0 Å². The summed E-state index contributed by atoms with van der Waals surface area (Å²) in [5.41, 5.74) is 0. The number of hydrogen-bond acceptors (Lipinski definition) is 0. The van der Waals surface area contributed by atoms with Crippen LogP contribution in [0.4, 0.5) is 0 Å². The monoisotopic (exact) mass is 220 g/mol. The van der Waals surface area contributed by atoms with Crippen LogP contribution in [0, 0.1) is 53.3 Å². The average Bonchev–Trinajstić information content (AvgIpc) is 2.77. The molecule has 0 heteroatoms. The Labute approximate surface area is 101 Å². The molecule has 0 aromatic rings. The second-order valence-corrected chi connectivity index (χ2v) is 7.59. The third-order valence-electron chi connectivity index (χ3n) is 6.58. The average molecular weight is 220 g/mol. The maximum atomic E-state index is 2.56. The normalized spacial score (nSPS) is 59.6. The molecular weight excluding hydrogens is 192 g/mol. The van der Waals surface area contributed by atoms with Crippen LogP contribution in [-0.4, -0.2) is 0 Å². The van der Waals surface area contributed by atoms with Crippen molar-refractivity contribution in [3.8, 4) is 0 Å². The Kier molecular flexibility index (Phi) is 2.43. The summed E-state index contributed by atoms with van der Waals surface area (Å²) >= 11 is 0. The summed E-state index contributed by atoms with van der Waals surface area (Å²) in [6, 6.07) is 0. The second kappa shape index (κ2) is 3.50. The molecule has 3 aliphatic rings. The zero-order chi connectivity index (χ0) is 11.6. The van der Waals surface area contributed by atoms with Crippen molar-refractivity contribution in [1.82, 2.24) is 0 Å². The minimum atomic E-state index is 0.911. The Balaban J connectivity index is 1.91. The van der Waals surface area contributed by atoms with Gasteiger partial charge in [-0.1, -0.05) is 34.6 Å². The van der Waals surface area contributed by atoms with E-state index in [0.717, 1.165) is 53.3 Å². The lowest BCUT2D eigenvalue weighted by atomic mass is 9.64. The molecule has 0 radical (unpaired) electrons. The maximum absolute atomic E-state index is 2.56. The molecule has 0 N–H and O–H groups in total. The number of hydrogen-bond donors (Lipinski definition) is 0. The SMILES string of the molecule is CC(C)C1C(C)C2CC1C1C(C)CC(C)C21. The van der Waals surface area contributed by atoms with E-state index in [9.17, 15) is 0 Å². The fraction of sp³-hybridized carbons (Fsp3) is 1.00. The molecule has 0 saturated heterocycles. The van der Waals surface area contributed by atoms with Gasteiger partial charge < -0.3 is 0 Å². The summed E-state index contributed by atoms with van der Waals surface area (Å²) in [6.07, 6.45) is 3.09. The largest absolute Gasteiger partial charge is 0.0625 e. The molecule has 3 rings (SSSR count). The second-order valence-electron chi connectivity index (χ2n) is 7.59. The molecule has 0 aliphatic heterocycles. The van der Waals surface area contributed by atoms with Gasteiger partial charge in [0.2, 0.25) is 0 Å². The van der Waals surface area contributed by atoms with Gasteiger partial charge in [-0.3, -0.25) is 0 Å². The standard InChI is InChI=1S/C16H28/c1-8(2)14-11(5)12-7-13(14)16-10(4)6-9(3)15(12)16/h8-16H,6-7H2,1-5H3. The van der Waals surface area contributed by atoms with E-state index in [0.29, 0.717) is 0 Å². The van der Waals surface area contributed by atoms with Gasteiger partial charge in [-0.15, -0.1) is 0 Å². The molecule has 0 spiro atoms. The molecule has 0 amide bonds. The van der Waals surface area contributed by atoms with Gasteiger partial charge in [0.15, 0.2) is 0 Å². The van der Waals surface area contributed by atoms with E-state index in [1.54, 1.807) is 6.42 Å². The molecule has 8 atom stereocenters. The molecule has 0 heterocycles. The van der Waals surface area contributed by atoms with Crippen molar-refractivity contribution in [2.45, 2.75) is 47.5 Å². The van der Waals surface area contributed by atoms with Crippen molar-refractivity contribution >= 4 is 0 Å². The smallest absolute Gasteiger partial charge is 0.0323 e. The fourth-order valence-corrected chi connectivity index (χ4v) is 6.46. The van der Waals surface area contributed by atoms with Gasteiger partial charge in [0.05, 0.1) is 0 Å². The molecule has 16 heavy (non-hydrogen) atoms. The van der Waals surface area contributed by atoms with Crippen LogP contribution in [0.1, 0.15) is 47.5 Å². The maximum Gasteiger partial charge on any atom is -0.0323 e. The van der Waals surface area contributed by atoms with E-state index in [2.05, 4.69) is 34.6 Å². The first kappa shape index (κ1) is 11.1. The first-order valence-electron chi connectivity index (χ1n) is 7.52. The van der Waals surface area contributed by atoms with Gasteiger partial charge in [0, 0.05) is 0 Å². The Bertz CT molecular complexity index is 280. The highest BCUT2D eigenvalue weighted by atomic mass is 14.7. The van der Waals surface area contributed by atoms with Gasteiger partial charge in [-0.2, -0.15) is 0 Å². The zero-order valence-electron chi connectivity index (χ0n) is 11.6. The molecule has 8 unspecified atom stereocenters. The van der Waals surface area contributed by atoms with E-state index >= 15 is 0 Å². The van der Waals surface area contributed by atoms with Crippen LogP contribution in [0.15, 0.2) is 0 Å². The van der Waals surface area contributed by atoms with Crippen LogP contribution in [0.25, 0.3) is 0 Å². The molecule has 0 aromatic carbocycles. The predicted molar refractivity (Wildman–Crippen MR) is 69.0 cm³/mol. The van der Waals surface area contributed by atoms with Gasteiger partial charge in [-0.25, -0.2) is 0 Å². The minimum absolute atomic E-state index is 0.911. The van der Waals surface area contributed by atoms with E-state index in [1.165, 1.54) is 6.42 Å². The molecule has 3 saturated carbocycles. The summed E-state index contributed by atoms with van der Waals surface area (Å²) in [4.78, 5) is 0. The van der Waals surface area contributed by atoms with Crippen LogP contribution < -0.4 is 0 Å². The van der Waals surface area contributed by atoms with E-state index < -0.39 is 0 Å². The van der Waals surface area contributed by atoms with E-state index in [-0.39, 0.29) is 0 Å². The third-order valence-corrected chi connectivity index (χ3v) is 6.58.